The number of nitrogens with one attached hydrogen (secondary N) is 2. The van der Waals surface area contributed by atoms with Crippen molar-refractivity contribution in [1.29, 1.82) is 0 Å². The molecule has 0 fully saturated rings. The van der Waals surface area contributed by atoms with Gasteiger partial charge in [0.25, 0.3) is 0 Å². The summed E-state index contributed by atoms with van der Waals surface area (Å²) in [5.74, 6) is 2.39. The fourth-order valence-corrected chi connectivity index (χ4v) is 1.86. The third-order valence-corrected chi connectivity index (χ3v) is 2.94. The fraction of sp³-hybridized carbons (Fsp3) is 0.833. The van der Waals surface area contributed by atoms with Gasteiger partial charge < -0.3 is 10.6 Å². The lowest BCUT2D eigenvalue weighted by molar-refractivity contribution is -0.123. The van der Waals surface area contributed by atoms with Crippen molar-refractivity contribution in [3.63, 3.8) is 0 Å². The Morgan fingerprint density at radius 3 is 2.24 bits per heavy atom. The zero-order valence-electron chi connectivity index (χ0n) is 11.0. The molecule has 0 rings (SSSR count). The fourth-order valence-electron chi connectivity index (χ4n) is 1.24. The Morgan fingerprint density at radius 1 is 1.12 bits per heavy atom. The van der Waals surface area contributed by atoms with Crippen LogP contribution in [0.3, 0.4) is 0 Å². The van der Waals surface area contributed by atoms with Crippen LogP contribution >= 0.6 is 11.8 Å². The van der Waals surface area contributed by atoms with Crippen LogP contribution in [0.4, 0.5) is 0 Å². The van der Waals surface area contributed by atoms with Gasteiger partial charge >= 0.3 is 0 Å². The Labute approximate surface area is 108 Å². The van der Waals surface area contributed by atoms with Crippen molar-refractivity contribution in [1.82, 2.24) is 10.6 Å². The molecule has 2 N–H and O–H groups in total. The van der Waals surface area contributed by atoms with Crippen molar-refractivity contribution in [2.75, 3.05) is 24.6 Å². The molecular weight excluding hydrogens is 236 g/mol. The Balaban J connectivity index is 3.38. The summed E-state index contributed by atoms with van der Waals surface area (Å²) in [5, 5.41) is 5.56. The highest BCUT2D eigenvalue weighted by molar-refractivity contribution is 7.99. The predicted octanol–water partition coefficient (Wildman–Crippen LogP) is 1.41. The second-order valence-corrected chi connectivity index (χ2v) is 5.64. The minimum absolute atomic E-state index is 0.0517. The molecule has 4 nitrogen and oxygen atoms in total. The van der Waals surface area contributed by atoms with Crippen molar-refractivity contribution in [2.45, 2.75) is 33.6 Å². The summed E-state index contributed by atoms with van der Waals surface area (Å²) in [6.07, 6.45) is 1.10. The van der Waals surface area contributed by atoms with Crippen LogP contribution in [0.25, 0.3) is 0 Å². The Morgan fingerprint density at radius 2 is 1.71 bits per heavy atom. The largest absolute Gasteiger partial charge is 0.354 e. The molecule has 0 heterocycles. The van der Waals surface area contributed by atoms with E-state index in [4.69, 9.17) is 0 Å². The van der Waals surface area contributed by atoms with Gasteiger partial charge in [0.05, 0.1) is 0 Å². The SMILES string of the molecule is CCSCCC(=O)NCCNC(=O)CC(C)C. The maximum absolute atomic E-state index is 11.3. The van der Waals surface area contributed by atoms with E-state index in [0.29, 0.717) is 31.8 Å². The van der Waals surface area contributed by atoms with Gasteiger partial charge in [0.1, 0.15) is 0 Å². The van der Waals surface area contributed by atoms with E-state index in [9.17, 15) is 9.59 Å². The molecule has 0 saturated carbocycles. The summed E-state index contributed by atoms with van der Waals surface area (Å²) >= 11 is 1.76. The van der Waals surface area contributed by atoms with E-state index in [1.54, 1.807) is 11.8 Å². The molecule has 0 aliphatic carbocycles. The molecule has 0 aromatic heterocycles. The zero-order valence-corrected chi connectivity index (χ0v) is 11.9. The highest BCUT2D eigenvalue weighted by Gasteiger charge is 2.04. The first-order chi connectivity index (χ1) is 8.06. The molecule has 0 aliphatic rings. The van der Waals surface area contributed by atoms with Crippen molar-refractivity contribution >= 4 is 23.6 Å². The third-order valence-electron chi connectivity index (χ3n) is 2.04. The number of hydrogen-bond donors (Lipinski definition) is 2. The van der Waals surface area contributed by atoms with E-state index in [-0.39, 0.29) is 11.8 Å². The molecule has 0 atom stereocenters. The van der Waals surface area contributed by atoms with E-state index >= 15 is 0 Å². The Hall–Kier alpha value is -0.710. The van der Waals surface area contributed by atoms with E-state index in [1.165, 1.54) is 0 Å². The average molecular weight is 260 g/mol. The maximum atomic E-state index is 11.3. The maximum Gasteiger partial charge on any atom is 0.220 e. The van der Waals surface area contributed by atoms with Crippen molar-refractivity contribution in [2.24, 2.45) is 5.92 Å². The molecule has 17 heavy (non-hydrogen) atoms. The van der Waals surface area contributed by atoms with Crippen molar-refractivity contribution in [3.05, 3.63) is 0 Å². The van der Waals surface area contributed by atoms with Gasteiger partial charge in [0, 0.05) is 31.7 Å². The second-order valence-electron chi connectivity index (χ2n) is 4.24. The number of rotatable bonds is 9. The van der Waals surface area contributed by atoms with Gasteiger partial charge in [0.2, 0.25) is 11.8 Å². The molecule has 0 aromatic carbocycles. The molecule has 0 unspecified atom stereocenters. The summed E-state index contributed by atoms with van der Waals surface area (Å²) < 4.78 is 0. The van der Waals surface area contributed by atoms with Gasteiger partial charge in [-0.1, -0.05) is 20.8 Å². The molecule has 0 saturated heterocycles. The number of carbonyl (C=O) groups excluding carboxylic acids is 2. The van der Waals surface area contributed by atoms with E-state index < -0.39 is 0 Å². The van der Waals surface area contributed by atoms with Crippen LogP contribution in [0.15, 0.2) is 0 Å². The highest BCUT2D eigenvalue weighted by Crippen LogP contribution is 2.00. The van der Waals surface area contributed by atoms with Gasteiger partial charge in [0.15, 0.2) is 0 Å². The van der Waals surface area contributed by atoms with Crippen LogP contribution in [0.1, 0.15) is 33.6 Å². The Kier molecular flexibility index (Phi) is 10.0. The molecule has 0 spiro atoms. The molecule has 100 valence electrons. The summed E-state index contributed by atoms with van der Waals surface area (Å²) in [6, 6.07) is 0. The lowest BCUT2D eigenvalue weighted by atomic mass is 10.1. The van der Waals surface area contributed by atoms with Crippen molar-refractivity contribution < 1.29 is 9.59 Å². The lowest BCUT2D eigenvalue weighted by Crippen LogP contribution is -2.35. The smallest absolute Gasteiger partial charge is 0.220 e. The Bertz CT molecular complexity index is 233. The van der Waals surface area contributed by atoms with E-state index in [0.717, 1.165) is 11.5 Å². The first-order valence-corrected chi connectivity index (χ1v) is 7.32. The topological polar surface area (TPSA) is 58.2 Å². The molecule has 0 aromatic rings. The molecule has 0 bridgehead atoms. The van der Waals surface area contributed by atoms with Crippen LogP contribution in [0, 0.1) is 5.92 Å². The second kappa shape index (κ2) is 10.4. The standard InChI is InChI=1S/C12H24N2O2S/c1-4-17-8-5-11(15)13-6-7-14-12(16)9-10(2)3/h10H,4-9H2,1-3H3,(H,13,15)(H,14,16). The van der Waals surface area contributed by atoms with Crippen LogP contribution in [0.5, 0.6) is 0 Å². The normalized spacial score (nSPS) is 10.4. The molecule has 0 aliphatic heterocycles. The minimum atomic E-state index is 0.0517. The summed E-state index contributed by atoms with van der Waals surface area (Å²) in [7, 11) is 0. The first kappa shape index (κ1) is 16.3. The molecular formula is C12H24N2O2S. The highest BCUT2D eigenvalue weighted by atomic mass is 32.2. The van der Waals surface area contributed by atoms with Crippen molar-refractivity contribution in [3.8, 4) is 0 Å². The minimum Gasteiger partial charge on any atom is -0.354 e. The van der Waals surface area contributed by atoms with Crippen LogP contribution in [-0.2, 0) is 9.59 Å². The van der Waals surface area contributed by atoms with Crippen LogP contribution in [0.2, 0.25) is 0 Å². The van der Waals surface area contributed by atoms with E-state index in [2.05, 4.69) is 17.6 Å². The summed E-state index contributed by atoms with van der Waals surface area (Å²) in [6.45, 7) is 7.12. The summed E-state index contributed by atoms with van der Waals surface area (Å²) in [5.41, 5.74) is 0. The van der Waals surface area contributed by atoms with Crippen LogP contribution in [-0.4, -0.2) is 36.4 Å². The number of carbonyl (C=O) groups is 2. The molecule has 5 heteroatoms. The number of amides is 2. The average Bonchev–Trinajstić information content (AvgIpc) is 2.24. The van der Waals surface area contributed by atoms with E-state index in [1.807, 2.05) is 13.8 Å². The summed E-state index contributed by atoms with van der Waals surface area (Å²) in [4.78, 5) is 22.6. The first-order valence-electron chi connectivity index (χ1n) is 6.17. The van der Waals surface area contributed by atoms with Gasteiger partial charge in [-0.05, 0) is 11.7 Å². The quantitative estimate of drug-likeness (QED) is 0.616. The molecule has 2 amide bonds. The monoisotopic (exact) mass is 260 g/mol. The lowest BCUT2D eigenvalue weighted by Gasteiger charge is -2.08. The van der Waals surface area contributed by atoms with Gasteiger partial charge in [-0.2, -0.15) is 11.8 Å². The zero-order chi connectivity index (χ0) is 13.1. The number of hydrogen-bond acceptors (Lipinski definition) is 3. The van der Waals surface area contributed by atoms with Gasteiger partial charge in [-0.15, -0.1) is 0 Å². The van der Waals surface area contributed by atoms with Gasteiger partial charge in [-0.3, -0.25) is 9.59 Å². The number of thioether (sulfide) groups is 1. The van der Waals surface area contributed by atoms with Crippen LogP contribution < -0.4 is 10.6 Å². The molecule has 0 radical (unpaired) electrons. The predicted molar refractivity (Wildman–Crippen MR) is 73.1 cm³/mol. The third kappa shape index (κ3) is 11.6. The van der Waals surface area contributed by atoms with Gasteiger partial charge in [-0.25, -0.2) is 0 Å².